The number of ether oxygens (including phenoxy) is 2. The molecule has 3 aromatic rings. The molecule has 2 atom stereocenters. The Labute approximate surface area is 209 Å². The number of carbonyl (C=O) groups is 2. The van der Waals surface area contributed by atoms with E-state index in [4.69, 9.17) is 15.2 Å². The van der Waals surface area contributed by atoms with Gasteiger partial charge in [-0.1, -0.05) is 34.1 Å². The Kier molecular flexibility index (Phi) is 8.82. The van der Waals surface area contributed by atoms with E-state index in [1.165, 1.54) is 25.3 Å². The molecule has 3 aromatic carbocycles. The van der Waals surface area contributed by atoms with Crippen molar-refractivity contribution in [2.45, 2.75) is 12.2 Å². The fourth-order valence-corrected chi connectivity index (χ4v) is 3.36. The molecular formula is C25H23BrFN3O5. The molecule has 0 heterocycles. The van der Waals surface area contributed by atoms with Gasteiger partial charge < -0.3 is 25.6 Å². The summed E-state index contributed by atoms with van der Waals surface area (Å²) in [6.45, 7) is 0. The predicted molar refractivity (Wildman–Crippen MR) is 134 cm³/mol. The second kappa shape index (κ2) is 12.0. The van der Waals surface area contributed by atoms with E-state index in [1.54, 1.807) is 48.5 Å². The number of nitrogen functional groups attached to an aromatic ring is 1. The van der Waals surface area contributed by atoms with Crippen LogP contribution in [-0.4, -0.2) is 30.3 Å². The third-order valence-electron chi connectivity index (χ3n) is 4.85. The molecule has 8 nitrogen and oxygen atoms in total. The van der Waals surface area contributed by atoms with Crippen molar-refractivity contribution in [1.82, 2.24) is 0 Å². The van der Waals surface area contributed by atoms with Gasteiger partial charge in [0.25, 0.3) is 0 Å². The minimum Gasteiger partial charge on any atom is -0.505 e. The lowest BCUT2D eigenvalue weighted by molar-refractivity contribution is -0.112. The first kappa shape index (κ1) is 25.7. The number of anilines is 3. The molecule has 0 bridgehead atoms. The lowest BCUT2D eigenvalue weighted by Gasteiger charge is -2.24. The van der Waals surface area contributed by atoms with Crippen molar-refractivity contribution < 1.29 is 28.6 Å². The average molecular weight is 544 g/mol. The molecule has 0 aliphatic carbocycles. The summed E-state index contributed by atoms with van der Waals surface area (Å²) in [5.74, 6) is -1.96. The number of rotatable bonds is 8. The van der Waals surface area contributed by atoms with Gasteiger partial charge in [0.15, 0.2) is 17.7 Å². The third-order valence-corrected chi connectivity index (χ3v) is 5.38. The number of hydrogen-bond acceptors (Lipinski definition) is 6. The van der Waals surface area contributed by atoms with Gasteiger partial charge in [-0.05, 0) is 60.2 Å². The van der Waals surface area contributed by atoms with Crippen LogP contribution in [0.4, 0.5) is 26.2 Å². The highest BCUT2D eigenvalue weighted by atomic mass is 79.9. The molecule has 0 aromatic heterocycles. The predicted octanol–water partition coefficient (Wildman–Crippen LogP) is 5.38. The van der Waals surface area contributed by atoms with Gasteiger partial charge in [0.05, 0.1) is 11.4 Å². The SMILES string of the molecule is CO[C@H](/C=C/C(=O)Nc1ccccc1N)[C@H](OC(=O)Nc1ccc(Br)cc1)c1ccc(O)c(F)c1. The molecule has 10 heteroatoms. The van der Waals surface area contributed by atoms with Crippen LogP contribution >= 0.6 is 15.9 Å². The quantitative estimate of drug-likeness (QED) is 0.223. The maximum absolute atomic E-state index is 14.1. The van der Waals surface area contributed by atoms with Crippen LogP contribution in [-0.2, 0) is 14.3 Å². The zero-order chi connectivity index (χ0) is 25.4. The highest BCUT2D eigenvalue weighted by Gasteiger charge is 2.27. The summed E-state index contributed by atoms with van der Waals surface area (Å²) >= 11 is 3.31. The van der Waals surface area contributed by atoms with Crippen molar-refractivity contribution in [1.29, 1.82) is 0 Å². The lowest BCUT2D eigenvalue weighted by atomic mass is 10.0. The van der Waals surface area contributed by atoms with E-state index in [2.05, 4.69) is 26.6 Å². The van der Waals surface area contributed by atoms with Crippen LogP contribution in [0.3, 0.4) is 0 Å². The Hall–Kier alpha value is -3.89. The summed E-state index contributed by atoms with van der Waals surface area (Å²) in [5, 5.41) is 14.8. The number of carbonyl (C=O) groups excluding carboxylic acids is 2. The smallest absolute Gasteiger partial charge is 0.412 e. The van der Waals surface area contributed by atoms with E-state index in [1.807, 2.05) is 0 Å². The molecule has 182 valence electrons. The van der Waals surface area contributed by atoms with E-state index in [9.17, 15) is 19.1 Å². The average Bonchev–Trinajstić information content (AvgIpc) is 2.83. The zero-order valence-corrected chi connectivity index (χ0v) is 20.2. The molecule has 0 unspecified atom stereocenters. The molecule has 0 aliphatic rings. The van der Waals surface area contributed by atoms with Crippen LogP contribution in [0.25, 0.3) is 0 Å². The topological polar surface area (TPSA) is 123 Å². The number of amides is 2. The standard InChI is InChI=1S/C25H23BrFN3O5/c1-34-22(12-13-23(32)30-20-5-3-2-4-19(20)28)24(15-6-11-21(31)18(27)14-15)35-25(33)29-17-9-7-16(26)8-10-17/h2-14,22,24,31H,28H2,1H3,(H,29,33)(H,30,32)/b13-12+/t22-,24-/m1/s1. The maximum atomic E-state index is 14.1. The second-order valence-electron chi connectivity index (χ2n) is 7.30. The number of methoxy groups -OCH3 is 1. The molecule has 2 amide bonds. The minimum absolute atomic E-state index is 0.204. The molecule has 0 radical (unpaired) electrons. The van der Waals surface area contributed by atoms with Crippen molar-refractivity contribution in [2.24, 2.45) is 0 Å². The Morgan fingerprint density at radius 3 is 2.46 bits per heavy atom. The van der Waals surface area contributed by atoms with Crippen molar-refractivity contribution in [3.63, 3.8) is 0 Å². The van der Waals surface area contributed by atoms with Crippen molar-refractivity contribution in [3.8, 4) is 5.75 Å². The monoisotopic (exact) mass is 543 g/mol. The summed E-state index contributed by atoms with van der Waals surface area (Å²) in [6.07, 6.45) is -0.399. The number of phenolic OH excluding ortho intramolecular Hbond substituents is 1. The van der Waals surface area contributed by atoms with Crippen LogP contribution in [0.15, 0.2) is 83.4 Å². The third kappa shape index (κ3) is 7.29. The summed E-state index contributed by atoms with van der Waals surface area (Å²) in [5.41, 5.74) is 7.34. The second-order valence-corrected chi connectivity index (χ2v) is 8.22. The number of nitrogens with one attached hydrogen (secondary N) is 2. The Bertz CT molecular complexity index is 1220. The summed E-state index contributed by atoms with van der Waals surface area (Å²) in [7, 11) is 1.35. The van der Waals surface area contributed by atoms with Gasteiger partial charge in [0, 0.05) is 23.3 Å². The number of hydrogen-bond donors (Lipinski definition) is 4. The fraction of sp³-hybridized carbons (Fsp3) is 0.120. The Morgan fingerprint density at radius 1 is 1.09 bits per heavy atom. The molecule has 5 N–H and O–H groups in total. The first-order chi connectivity index (χ1) is 16.8. The normalized spacial score (nSPS) is 12.7. The van der Waals surface area contributed by atoms with E-state index >= 15 is 0 Å². The van der Waals surface area contributed by atoms with Gasteiger partial charge in [-0.3, -0.25) is 10.1 Å². The van der Waals surface area contributed by atoms with Crippen LogP contribution in [0.1, 0.15) is 11.7 Å². The molecule has 0 saturated carbocycles. The molecular weight excluding hydrogens is 521 g/mol. The Balaban J connectivity index is 1.81. The lowest BCUT2D eigenvalue weighted by Crippen LogP contribution is -2.27. The number of para-hydroxylation sites is 2. The number of phenols is 1. The van der Waals surface area contributed by atoms with Crippen LogP contribution in [0.2, 0.25) is 0 Å². The maximum Gasteiger partial charge on any atom is 0.412 e. The van der Waals surface area contributed by atoms with E-state index in [0.29, 0.717) is 17.1 Å². The highest BCUT2D eigenvalue weighted by molar-refractivity contribution is 9.10. The first-order valence-corrected chi connectivity index (χ1v) is 11.1. The largest absolute Gasteiger partial charge is 0.505 e. The molecule has 0 saturated heterocycles. The van der Waals surface area contributed by atoms with Crippen molar-refractivity contribution in [2.75, 3.05) is 23.5 Å². The van der Waals surface area contributed by atoms with Crippen molar-refractivity contribution in [3.05, 3.63) is 94.7 Å². The first-order valence-electron chi connectivity index (χ1n) is 10.3. The van der Waals surface area contributed by atoms with Gasteiger partial charge in [-0.25, -0.2) is 9.18 Å². The summed E-state index contributed by atoms with van der Waals surface area (Å²) < 4.78 is 25.9. The number of aromatic hydroxyl groups is 1. The Morgan fingerprint density at radius 2 is 1.80 bits per heavy atom. The van der Waals surface area contributed by atoms with Gasteiger partial charge in [-0.15, -0.1) is 0 Å². The minimum atomic E-state index is -1.16. The van der Waals surface area contributed by atoms with Crippen LogP contribution in [0, 0.1) is 5.82 Å². The summed E-state index contributed by atoms with van der Waals surface area (Å²) in [6, 6.07) is 17.1. The van der Waals surface area contributed by atoms with Gasteiger partial charge in [0.2, 0.25) is 5.91 Å². The molecule has 3 rings (SSSR count). The van der Waals surface area contributed by atoms with E-state index in [-0.39, 0.29) is 5.56 Å². The van der Waals surface area contributed by atoms with Crippen molar-refractivity contribution >= 4 is 45.0 Å². The van der Waals surface area contributed by atoms with Gasteiger partial charge in [-0.2, -0.15) is 0 Å². The number of benzene rings is 3. The highest BCUT2D eigenvalue weighted by Crippen LogP contribution is 2.29. The van der Waals surface area contributed by atoms with E-state index < -0.39 is 35.8 Å². The molecule has 35 heavy (non-hydrogen) atoms. The van der Waals surface area contributed by atoms with E-state index in [0.717, 1.165) is 16.6 Å². The number of halogens is 2. The molecule has 0 spiro atoms. The van der Waals surface area contributed by atoms with Crippen LogP contribution < -0.4 is 16.4 Å². The fourth-order valence-electron chi connectivity index (χ4n) is 3.09. The molecule has 0 fully saturated rings. The van der Waals surface area contributed by atoms with Gasteiger partial charge in [0.1, 0.15) is 6.10 Å². The molecule has 0 aliphatic heterocycles. The zero-order valence-electron chi connectivity index (χ0n) is 18.6. The van der Waals surface area contributed by atoms with Crippen LogP contribution in [0.5, 0.6) is 5.75 Å². The summed E-state index contributed by atoms with van der Waals surface area (Å²) in [4.78, 5) is 25.0. The number of nitrogens with two attached hydrogens (primary N) is 1. The van der Waals surface area contributed by atoms with Gasteiger partial charge >= 0.3 is 6.09 Å².